The molecular weight excluding hydrogens is 342 g/mol. The summed E-state index contributed by atoms with van der Waals surface area (Å²) in [5.41, 5.74) is 2.91. The Hall–Kier alpha value is -2.60. The first-order chi connectivity index (χ1) is 12.2. The number of carbonyl (C=O) groups excluding carboxylic acids is 2. The predicted molar refractivity (Wildman–Crippen MR) is 96.7 cm³/mol. The van der Waals surface area contributed by atoms with E-state index in [0.29, 0.717) is 29.3 Å². The summed E-state index contributed by atoms with van der Waals surface area (Å²) in [6, 6.07) is 10.4. The van der Waals surface area contributed by atoms with Gasteiger partial charge in [0.2, 0.25) is 5.91 Å². The third kappa shape index (κ3) is 6.81. The standard InChI is InChI=1S/C18H20ClN3O3/c19-16-9-4-3-8-15(16)18(24)20-11-5-1-2-10-17(23)22-21-13-14-7-6-12-25-14/h3-4,6-9,12-13H,1-2,5,10-11H2,(H,20,24)(H,22,23)/b21-13-. The summed E-state index contributed by atoms with van der Waals surface area (Å²) in [4.78, 5) is 23.5. The molecule has 1 heterocycles. The van der Waals surface area contributed by atoms with Crippen molar-refractivity contribution in [3.63, 3.8) is 0 Å². The molecular formula is C18H20ClN3O3. The minimum Gasteiger partial charge on any atom is -0.463 e. The van der Waals surface area contributed by atoms with Gasteiger partial charge < -0.3 is 9.73 Å². The van der Waals surface area contributed by atoms with Gasteiger partial charge in [-0.1, -0.05) is 30.2 Å². The maximum atomic E-state index is 11.9. The molecule has 0 spiro atoms. The number of rotatable bonds is 9. The minimum atomic E-state index is -0.185. The van der Waals surface area contributed by atoms with Gasteiger partial charge in [0.1, 0.15) is 5.76 Å². The Bertz CT molecular complexity index is 714. The Kier molecular flexibility index (Phi) is 7.72. The van der Waals surface area contributed by atoms with Gasteiger partial charge in [0.25, 0.3) is 5.91 Å². The van der Waals surface area contributed by atoms with E-state index >= 15 is 0 Å². The zero-order valence-corrected chi connectivity index (χ0v) is 14.5. The fourth-order valence-corrected chi connectivity index (χ4v) is 2.34. The molecule has 0 unspecified atom stereocenters. The normalized spacial score (nSPS) is 10.8. The molecule has 2 amide bonds. The molecule has 0 aliphatic carbocycles. The lowest BCUT2D eigenvalue weighted by molar-refractivity contribution is -0.121. The van der Waals surface area contributed by atoms with Crippen molar-refractivity contribution in [2.75, 3.05) is 6.54 Å². The molecule has 0 fully saturated rings. The zero-order chi connectivity index (χ0) is 17.9. The second kappa shape index (κ2) is 10.3. The van der Waals surface area contributed by atoms with Crippen LogP contribution in [-0.2, 0) is 4.79 Å². The Morgan fingerprint density at radius 3 is 2.72 bits per heavy atom. The van der Waals surface area contributed by atoms with Crippen molar-refractivity contribution in [1.29, 1.82) is 0 Å². The Morgan fingerprint density at radius 1 is 1.12 bits per heavy atom. The van der Waals surface area contributed by atoms with Crippen molar-refractivity contribution in [3.05, 3.63) is 59.0 Å². The van der Waals surface area contributed by atoms with Gasteiger partial charge in [-0.3, -0.25) is 9.59 Å². The molecule has 0 atom stereocenters. The average molecular weight is 362 g/mol. The number of nitrogens with one attached hydrogen (secondary N) is 2. The van der Waals surface area contributed by atoms with Gasteiger partial charge in [-0.05, 0) is 37.1 Å². The number of benzene rings is 1. The Morgan fingerprint density at radius 2 is 1.96 bits per heavy atom. The van der Waals surface area contributed by atoms with E-state index in [2.05, 4.69) is 15.8 Å². The van der Waals surface area contributed by atoms with Crippen LogP contribution in [0.25, 0.3) is 0 Å². The Balaban J connectivity index is 1.53. The van der Waals surface area contributed by atoms with E-state index in [1.165, 1.54) is 12.5 Å². The SMILES string of the molecule is O=C(CCCCCNC(=O)c1ccccc1Cl)N/N=C\c1ccco1. The first-order valence-electron chi connectivity index (χ1n) is 8.05. The van der Waals surface area contributed by atoms with E-state index in [0.717, 1.165) is 19.3 Å². The van der Waals surface area contributed by atoms with E-state index in [4.69, 9.17) is 16.0 Å². The summed E-state index contributed by atoms with van der Waals surface area (Å²) in [6.45, 7) is 0.544. The lowest BCUT2D eigenvalue weighted by Gasteiger charge is -2.06. The van der Waals surface area contributed by atoms with Crippen molar-refractivity contribution in [1.82, 2.24) is 10.7 Å². The second-order valence-corrected chi connectivity index (χ2v) is 5.76. The summed E-state index contributed by atoms with van der Waals surface area (Å²) in [5, 5.41) is 7.06. The van der Waals surface area contributed by atoms with E-state index in [-0.39, 0.29) is 11.8 Å². The number of amides is 2. The first kappa shape index (κ1) is 18.7. The van der Waals surface area contributed by atoms with Crippen LogP contribution >= 0.6 is 11.6 Å². The summed E-state index contributed by atoms with van der Waals surface area (Å²) >= 11 is 5.97. The highest BCUT2D eigenvalue weighted by molar-refractivity contribution is 6.33. The monoisotopic (exact) mass is 361 g/mol. The van der Waals surface area contributed by atoms with Crippen molar-refractivity contribution in [2.45, 2.75) is 25.7 Å². The van der Waals surface area contributed by atoms with Gasteiger partial charge in [-0.2, -0.15) is 5.10 Å². The largest absolute Gasteiger partial charge is 0.463 e. The lowest BCUT2D eigenvalue weighted by atomic mass is 10.1. The average Bonchev–Trinajstić information content (AvgIpc) is 3.11. The van der Waals surface area contributed by atoms with Crippen LogP contribution in [0.2, 0.25) is 5.02 Å². The van der Waals surface area contributed by atoms with Crippen LogP contribution in [0.15, 0.2) is 52.2 Å². The van der Waals surface area contributed by atoms with Crippen molar-refractivity contribution in [3.8, 4) is 0 Å². The van der Waals surface area contributed by atoms with Crippen LogP contribution in [0.1, 0.15) is 41.8 Å². The van der Waals surface area contributed by atoms with Gasteiger partial charge in [-0.25, -0.2) is 5.43 Å². The molecule has 1 aromatic heterocycles. The highest BCUT2D eigenvalue weighted by Crippen LogP contribution is 2.14. The predicted octanol–water partition coefficient (Wildman–Crippen LogP) is 3.37. The maximum Gasteiger partial charge on any atom is 0.252 e. The van der Waals surface area contributed by atoms with Crippen molar-refractivity contribution < 1.29 is 14.0 Å². The van der Waals surface area contributed by atoms with Crippen LogP contribution in [-0.4, -0.2) is 24.6 Å². The van der Waals surface area contributed by atoms with Crippen LogP contribution in [0.3, 0.4) is 0 Å². The van der Waals surface area contributed by atoms with Gasteiger partial charge in [0, 0.05) is 13.0 Å². The van der Waals surface area contributed by atoms with E-state index < -0.39 is 0 Å². The summed E-state index contributed by atoms with van der Waals surface area (Å²) in [6.07, 6.45) is 5.71. The quantitative estimate of drug-likeness (QED) is 0.408. The van der Waals surface area contributed by atoms with Crippen molar-refractivity contribution >= 4 is 29.6 Å². The summed E-state index contributed by atoms with van der Waals surface area (Å²) in [7, 11) is 0. The molecule has 0 radical (unpaired) electrons. The zero-order valence-electron chi connectivity index (χ0n) is 13.7. The number of hydrogen-bond donors (Lipinski definition) is 2. The van der Waals surface area contributed by atoms with Crippen molar-refractivity contribution in [2.24, 2.45) is 5.10 Å². The minimum absolute atomic E-state index is 0.150. The molecule has 6 nitrogen and oxygen atoms in total. The molecule has 2 N–H and O–H groups in total. The van der Waals surface area contributed by atoms with Gasteiger partial charge in [-0.15, -0.1) is 0 Å². The molecule has 0 aliphatic heterocycles. The van der Waals surface area contributed by atoms with Gasteiger partial charge >= 0.3 is 0 Å². The molecule has 0 bridgehead atoms. The highest BCUT2D eigenvalue weighted by atomic mass is 35.5. The topological polar surface area (TPSA) is 83.7 Å². The smallest absolute Gasteiger partial charge is 0.252 e. The fourth-order valence-electron chi connectivity index (χ4n) is 2.12. The summed E-state index contributed by atoms with van der Waals surface area (Å²) < 4.78 is 5.06. The van der Waals surface area contributed by atoms with Crippen LogP contribution in [0.5, 0.6) is 0 Å². The molecule has 0 saturated heterocycles. The number of hydrogen-bond acceptors (Lipinski definition) is 4. The molecule has 25 heavy (non-hydrogen) atoms. The third-order valence-electron chi connectivity index (χ3n) is 3.41. The van der Waals surface area contributed by atoms with Crippen LogP contribution < -0.4 is 10.7 Å². The number of halogens is 1. The number of furan rings is 1. The highest BCUT2D eigenvalue weighted by Gasteiger charge is 2.08. The molecule has 132 valence electrons. The number of carbonyl (C=O) groups is 2. The second-order valence-electron chi connectivity index (χ2n) is 5.36. The summed E-state index contributed by atoms with van der Waals surface area (Å²) in [5.74, 6) is 0.244. The molecule has 7 heteroatoms. The molecule has 2 aromatic rings. The van der Waals surface area contributed by atoms with E-state index in [9.17, 15) is 9.59 Å². The van der Waals surface area contributed by atoms with Gasteiger partial charge in [0.05, 0.1) is 23.1 Å². The first-order valence-corrected chi connectivity index (χ1v) is 8.43. The third-order valence-corrected chi connectivity index (χ3v) is 3.74. The number of unbranched alkanes of at least 4 members (excludes halogenated alkanes) is 2. The van der Waals surface area contributed by atoms with Gasteiger partial charge in [0.15, 0.2) is 0 Å². The van der Waals surface area contributed by atoms with Crippen LogP contribution in [0.4, 0.5) is 0 Å². The fraction of sp³-hybridized carbons (Fsp3) is 0.278. The van der Waals surface area contributed by atoms with E-state index in [1.54, 1.807) is 36.4 Å². The molecule has 2 rings (SSSR count). The maximum absolute atomic E-state index is 11.9. The molecule has 1 aromatic carbocycles. The molecule has 0 aliphatic rings. The van der Waals surface area contributed by atoms with Crippen LogP contribution in [0, 0.1) is 0 Å². The number of nitrogens with zero attached hydrogens (tertiary/aromatic N) is 1. The molecule has 0 saturated carbocycles. The Labute approximate surface area is 151 Å². The number of hydrazone groups is 1. The van der Waals surface area contributed by atoms with E-state index in [1.807, 2.05) is 0 Å². The lowest BCUT2D eigenvalue weighted by Crippen LogP contribution is -2.24.